The summed E-state index contributed by atoms with van der Waals surface area (Å²) in [4.78, 5) is 11.2. The molecule has 0 bridgehead atoms. The van der Waals surface area contributed by atoms with Crippen LogP contribution in [0.1, 0.15) is 19.8 Å². The van der Waals surface area contributed by atoms with Gasteiger partial charge in [-0.15, -0.1) is 0 Å². The summed E-state index contributed by atoms with van der Waals surface area (Å²) < 4.78 is 0. The summed E-state index contributed by atoms with van der Waals surface area (Å²) in [5, 5.41) is 0. The molecule has 0 unspecified atom stereocenters. The first kappa shape index (κ1) is 7.99. The Morgan fingerprint density at radius 2 is 2.45 bits per heavy atom. The molecule has 0 saturated carbocycles. The van der Waals surface area contributed by atoms with Crippen molar-refractivity contribution in [2.45, 2.75) is 19.8 Å². The molecule has 1 nitrogen and oxygen atoms in total. The van der Waals surface area contributed by atoms with Gasteiger partial charge in [-0.05, 0) is 31.4 Å². The Morgan fingerprint density at radius 1 is 1.64 bits per heavy atom. The molecular formula is C10H12O. The molecule has 11 heavy (non-hydrogen) atoms. The average molecular weight is 148 g/mol. The van der Waals surface area contributed by atoms with Crippen LogP contribution in [0.15, 0.2) is 36.0 Å². The number of hydrogen-bond acceptors (Lipinski definition) is 1. The third-order valence-electron chi connectivity index (χ3n) is 1.65. The van der Waals surface area contributed by atoms with Crippen LogP contribution in [0.3, 0.4) is 0 Å². The highest BCUT2D eigenvalue weighted by atomic mass is 16.1. The Hall–Kier alpha value is -1.11. The molecule has 0 spiro atoms. The van der Waals surface area contributed by atoms with E-state index >= 15 is 0 Å². The van der Waals surface area contributed by atoms with E-state index in [0.29, 0.717) is 0 Å². The van der Waals surface area contributed by atoms with Crippen LogP contribution in [-0.2, 0) is 4.79 Å². The van der Waals surface area contributed by atoms with E-state index in [1.165, 1.54) is 0 Å². The second-order valence-electron chi connectivity index (χ2n) is 2.52. The molecule has 0 radical (unpaired) electrons. The zero-order chi connectivity index (χ0) is 8.10. The average Bonchev–Trinajstić information content (AvgIpc) is 2.07. The molecule has 0 saturated heterocycles. The number of hydrogen-bond donors (Lipinski definition) is 0. The van der Waals surface area contributed by atoms with Gasteiger partial charge in [0.1, 0.15) is 0 Å². The zero-order valence-corrected chi connectivity index (χ0v) is 6.71. The van der Waals surface area contributed by atoms with Crippen LogP contribution in [0.4, 0.5) is 0 Å². The summed E-state index contributed by atoms with van der Waals surface area (Å²) in [7, 11) is 0. The number of ketones is 1. The standard InChI is InChI=1S/C10H12O/c1-2-6-10(11)9-7-4-3-5-8-9/h2-4,6-7H,5,8H2,1H3. The van der Waals surface area contributed by atoms with Crippen LogP contribution in [0.5, 0.6) is 0 Å². The molecule has 0 aromatic rings. The first-order chi connectivity index (χ1) is 5.34. The Bertz CT molecular complexity index is 231. The predicted octanol–water partition coefficient (Wildman–Crippen LogP) is 2.41. The molecule has 0 amide bonds. The molecule has 0 aromatic heterocycles. The van der Waals surface area contributed by atoms with Crippen molar-refractivity contribution in [1.82, 2.24) is 0 Å². The third-order valence-corrected chi connectivity index (χ3v) is 1.65. The molecule has 1 aliphatic rings. The van der Waals surface area contributed by atoms with Crippen molar-refractivity contribution in [3.63, 3.8) is 0 Å². The molecule has 1 aliphatic carbocycles. The van der Waals surface area contributed by atoms with Crippen LogP contribution in [0.2, 0.25) is 0 Å². The Labute approximate surface area is 67.1 Å². The van der Waals surface area contributed by atoms with Crippen LogP contribution in [0.25, 0.3) is 0 Å². The van der Waals surface area contributed by atoms with Crippen molar-refractivity contribution in [2.75, 3.05) is 0 Å². The minimum Gasteiger partial charge on any atom is -0.290 e. The molecule has 0 N–H and O–H groups in total. The smallest absolute Gasteiger partial charge is 0.181 e. The topological polar surface area (TPSA) is 17.1 Å². The lowest BCUT2D eigenvalue weighted by Crippen LogP contribution is -1.99. The quantitative estimate of drug-likeness (QED) is 0.549. The molecule has 0 heterocycles. The second-order valence-corrected chi connectivity index (χ2v) is 2.52. The van der Waals surface area contributed by atoms with Gasteiger partial charge in [-0.3, -0.25) is 4.79 Å². The maximum absolute atomic E-state index is 11.2. The fourth-order valence-corrected chi connectivity index (χ4v) is 1.07. The van der Waals surface area contributed by atoms with Gasteiger partial charge in [-0.1, -0.05) is 24.3 Å². The number of carbonyl (C=O) groups excluding carboxylic acids is 1. The minimum atomic E-state index is 0.150. The summed E-state index contributed by atoms with van der Waals surface area (Å²) in [5.74, 6) is 0.150. The van der Waals surface area contributed by atoms with Gasteiger partial charge >= 0.3 is 0 Å². The third kappa shape index (κ3) is 2.19. The summed E-state index contributed by atoms with van der Waals surface area (Å²) >= 11 is 0. The van der Waals surface area contributed by atoms with Crippen LogP contribution in [0, 0.1) is 0 Å². The van der Waals surface area contributed by atoms with Crippen molar-refractivity contribution >= 4 is 5.78 Å². The fourth-order valence-electron chi connectivity index (χ4n) is 1.07. The molecular weight excluding hydrogens is 136 g/mol. The van der Waals surface area contributed by atoms with Gasteiger partial charge in [-0.25, -0.2) is 0 Å². The lowest BCUT2D eigenvalue weighted by Gasteiger charge is -2.03. The lowest BCUT2D eigenvalue weighted by molar-refractivity contribution is -0.111. The fraction of sp³-hybridized carbons (Fsp3) is 0.300. The highest BCUT2D eigenvalue weighted by Crippen LogP contribution is 2.12. The van der Waals surface area contributed by atoms with Crippen molar-refractivity contribution in [3.05, 3.63) is 36.0 Å². The summed E-state index contributed by atoms with van der Waals surface area (Å²) in [5.41, 5.74) is 0.922. The Kier molecular flexibility index (Phi) is 2.84. The monoisotopic (exact) mass is 148 g/mol. The molecule has 0 aromatic carbocycles. The van der Waals surface area contributed by atoms with E-state index in [0.717, 1.165) is 18.4 Å². The second kappa shape index (κ2) is 3.91. The molecule has 0 atom stereocenters. The van der Waals surface area contributed by atoms with Gasteiger partial charge in [0.25, 0.3) is 0 Å². The van der Waals surface area contributed by atoms with Gasteiger partial charge < -0.3 is 0 Å². The van der Waals surface area contributed by atoms with Crippen molar-refractivity contribution in [3.8, 4) is 0 Å². The van der Waals surface area contributed by atoms with E-state index in [2.05, 4.69) is 6.08 Å². The summed E-state index contributed by atoms with van der Waals surface area (Å²) in [6.07, 6.45) is 11.2. The molecule has 1 rings (SSSR count). The van der Waals surface area contributed by atoms with Crippen molar-refractivity contribution in [1.29, 1.82) is 0 Å². The minimum absolute atomic E-state index is 0.150. The van der Waals surface area contributed by atoms with Crippen LogP contribution in [-0.4, -0.2) is 5.78 Å². The first-order valence-corrected chi connectivity index (χ1v) is 3.87. The van der Waals surface area contributed by atoms with E-state index in [-0.39, 0.29) is 5.78 Å². The largest absolute Gasteiger partial charge is 0.290 e. The highest BCUT2D eigenvalue weighted by Gasteiger charge is 2.05. The van der Waals surface area contributed by atoms with Gasteiger partial charge in [0.2, 0.25) is 0 Å². The SMILES string of the molecule is CC=CC(=O)C1=CC=CCC1. The van der Waals surface area contributed by atoms with Gasteiger partial charge in [0.05, 0.1) is 0 Å². The number of carbonyl (C=O) groups is 1. The molecule has 0 aliphatic heterocycles. The van der Waals surface area contributed by atoms with Gasteiger partial charge in [0, 0.05) is 0 Å². The summed E-state index contributed by atoms with van der Waals surface area (Å²) in [6, 6.07) is 0. The lowest BCUT2D eigenvalue weighted by atomic mass is 10.0. The maximum atomic E-state index is 11.2. The zero-order valence-electron chi connectivity index (χ0n) is 6.71. The highest BCUT2D eigenvalue weighted by molar-refractivity contribution is 6.04. The van der Waals surface area contributed by atoms with E-state index in [4.69, 9.17) is 0 Å². The van der Waals surface area contributed by atoms with Gasteiger partial charge in [-0.2, -0.15) is 0 Å². The number of rotatable bonds is 2. The van der Waals surface area contributed by atoms with Crippen molar-refractivity contribution in [2.24, 2.45) is 0 Å². The maximum Gasteiger partial charge on any atom is 0.181 e. The molecule has 58 valence electrons. The van der Waals surface area contributed by atoms with E-state index < -0.39 is 0 Å². The van der Waals surface area contributed by atoms with Crippen LogP contribution < -0.4 is 0 Å². The predicted molar refractivity (Wildman–Crippen MR) is 46.3 cm³/mol. The van der Waals surface area contributed by atoms with E-state index in [1.807, 2.05) is 19.1 Å². The molecule has 1 heteroatoms. The summed E-state index contributed by atoms with van der Waals surface area (Å²) in [6.45, 7) is 1.86. The molecule has 0 fully saturated rings. The van der Waals surface area contributed by atoms with Crippen molar-refractivity contribution < 1.29 is 4.79 Å². The van der Waals surface area contributed by atoms with E-state index in [1.54, 1.807) is 12.2 Å². The first-order valence-electron chi connectivity index (χ1n) is 3.87. The number of allylic oxidation sites excluding steroid dienone is 6. The van der Waals surface area contributed by atoms with E-state index in [9.17, 15) is 4.79 Å². The Balaban J connectivity index is 2.66. The van der Waals surface area contributed by atoms with Crippen LogP contribution >= 0.6 is 0 Å². The van der Waals surface area contributed by atoms with Gasteiger partial charge in [0.15, 0.2) is 5.78 Å². The normalized spacial score (nSPS) is 17.0. The Morgan fingerprint density at radius 3 is 3.00 bits per heavy atom.